The molecule has 0 atom stereocenters. The highest BCUT2D eigenvalue weighted by atomic mass is 32.2. The number of anilines is 1. The Morgan fingerprint density at radius 1 is 1.04 bits per heavy atom. The number of carbonyl (C=O) groups excluding carboxylic acids is 1. The Morgan fingerprint density at radius 2 is 1.79 bits per heavy atom. The molecule has 1 amide bonds. The summed E-state index contributed by atoms with van der Waals surface area (Å²) in [5.41, 5.74) is 0.721. The summed E-state index contributed by atoms with van der Waals surface area (Å²) in [4.78, 5) is 12.4. The van der Waals surface area contributed by atoms with Crippen LogP contribution in [0.5, 0.6) is 11.5 Å². The average Bonchev–Trinajstić information content (AvgIpc) is 3.15. The van der Waals surface area contributed by atoms with Crippen molar-refractivity contribution in [3.05, 3.63) is 48.0 Å². The molecule has 3 rings (SSSR count). The molecule has 0 unspecified atom stereocenters. The van der Waals surface area contributed by atoms with Gasteiger partial charge in [-0.25, -0.2) is 8.42 Å². The zero-order valence-corrected chi connectivity index (χ0v) is 16.1. The molecule has 0 spiro atoms. The van der Waals surface area contributed by atoms with Crippen molar-refractivity contribution in [1.82, 2.24) is 10.2 Å². The fraction of sp³-hybridized carbons (Fsp3) is 0.167. The monoisotopic (exact) mass is 403 g/mol. The lowest BCUT2D eigenvalue weighted by atomic mass is 10.2. The van der Waals surface area contributed by atoms with Gasteiger partial charge < -0.3 is 13.9 Å². The third-order valence-corrected chi connectivity index (χ3v) is 4.91. The van der Waals surface area contributed by atoms with Crippen LogP contribution in [-0.4, -0.2) is 45.0 Å². The molecule has 0 aliphatic rings. The SMILES string of the molecule is COc1ccc(-c2nnc(NC(=O)c3cccc(S(C)(=O)=O)c3)o2)cc1OC. The van der Waals surface area contributed by atoms with E-state index >= 15 is 0 Å². The van der Waals surface area contributed by atoms with E-state index in [0.29, 0.717) is 17.1 Å². The predicted octanol–water partition coefficient (Wildman–Crippen LogP) is 2.41. The Labute approximate surface area is 161 Å². The molecule has 9 nitrogen and oxygen atoms in total. The van der Waals surface area contributed by atoms with Gasteiger partial charge in [0.25, 0.3) is 5.91 Å². The molecule has 28 heavy (non-hydrogen) atoms. The maximum Gasteiger partial charge on any atom is 0.322 e. The van der Waals surface area contributed by atoms with Crippen molar-refractivity contribution < 1.29 is 27.1 Å². The van der Waals surface area contributed by atoms with E-state index in [1.54, 1.807) is 18.2 Å². The minimum Gasteiger partial charge on any atom is -0.493 e. The molecule has 146 valence electrons. The van der Waals surface area contributed by atoms with Crippen LogP contribution >= 0.6 is 0 Å². The van der Waals surface area contributed by atoms with Crippen molar-refractivity contribution in [3.8, 4) is 23.0 Å². The zero-order chi connectivity index (χ0) is 20.3. The normalized spacial score (nSPS) is 11.1. The lowest BCUT2D eigenvalue weighted by Gasteiger charge is -2.07. The topological polar surface area (TPSA) is 121 Å². The van der Waals surface area contributed by atoms with Crippen LogP contribution < -0.4 is 14.8 Å². The molecule has 0 saturated carbocycles. The van der Waals surface area contributed by atoms with Gasteiger partial charge in [0.2, 0.25) is 5.89 Å². The van der Waals surface area contributed by atoms with Crippen molar-refractivity contribution >= 4 is 21.8 Å². The predicted molar refractivity (Wildman–Crippen MR) is 100 cm³/mol. The first-order valence-electron chi connectivity index (χ1n) is 7.99. The van der Waals surface area contributed by atoms with Gasteiger partial charge in [-0.2, -0.15) is 0 Å². The van der Waals surface area contributed by atoms with Crippen LogP contribution in [0.2, 0.25) is 0 Å². The summed E-state index contributed by atoms with van der Waals surface area (Å²) < 4.78 is 39.1. The van der Waals surface area contributed by atoms with Gasteiger partial charge in [0.1, 0.15) is 0 Å². The molecule has 0 radical (unpaired) electrons. The Bertz CT molecular complexity index is 1120. The van der Waals surface area contributed by atoms with Gasteiger partial charge in [-0.1, -0.05) is 11.2 Å². The molecule has 1 N–H and O–H groups in total. The highest BCUT2D eigenvalue weighted by molar-refractivity contribution is 7.90. The fourth-order valence-corrected chi connectivity index (χ4v) is 3.06. The summed E-state index contributed by atoms with van der Waals surface area (Å²) >= 11 is 0. The molecule has 0 aliphatic carbocycles. The van der Waals surface area contributed by atoms with Crippen LogP contribution in [0.1, 0.15) is 10.4 Å². The fourth-order valence-electron chi connectivity index (χ4n) is 2.40. The minimum atomic E-state index is -3.43. The summed E-state index contributed by atoms with van der Waals surface area (Å²) in [6.45, 7) is 0. The molecule has 10 heteroatoms. The van der Waals surface area contributed by atoms with Crippen molar-refractivity contribution in [1.29, 1.82) is 0 Å². The number of aromatic nitrogens is 2. The molecule has 0 aliphatic heterocycles. The maximum atomic E-state index is 12.4. The molecule has 0 fully saturated rings. The van der Waals surface area contributed by atoms with Gasteiger partial charge in [-0.15, -0.1) is 5.10 Å². The molecule has 0 bridgehead atoms. The zero-order valence-electron chi connectivity index (χ0n) is 15.3. The first kappa shape index (κ1) is 19.4. The quantitative estimate of drug-likeness (QED) is 0.666. The number of hydrogen-bond donors (Lipinski definition) is 1. The van der Waals surface area contributed by atoms with Crippen LogP contribution in [0.25, 0.3) is 11.5 Å². The average molecular weight is 403 g/mol. The molecular weight excluding hydrogens is 386 g/mol. The molecule has 1 aromatic heterocycles. The van der Waals surface area contributed by atoms with E-state index in [4.69, 9.17) is 13.9 Å². The van der Waals surface area contributed by atoms with Gasteiger partial charge in [-0.05, 0) is 36.4 Å². The van der Waals surface area contributed by atoms with Crippen molar-refractivity contribution in [2.24, 2.45) is 0 Å². The number of benzene rings is 2. The summed E-state index contributed by atoms with van der Waals surface area (Å²) in [6.07, 6.45) is 1.07. The van der Waals surface area contributed by atoms with Gasteiger partial charge in [0.15, 0.2) is 21.3 Å². The standard InChI is InChI=1S/C18H17N3O6S/c1-25-14-8-7-12(10-15(14)26-2)17-20-21-18(27-17)19-16(22)11-5-4-6-13(9-11)28(3,23)24/h4-10H,1-3H3,(H,19,21,22). The second-order valence-electron chi connectivity index (χ2n) is 5.74. The Morgan fingerprint density at radius 3 is 2.46 bits per heavy atom. The van der Waals surface area contributed by atoms with E-state index in [9.17, 15) is 13.2 Å². The van der Waals surface area contributed by atoms with Gasteiger partial charge in [0.05, 0.1) is 19.1 Å². The van der Waals surface area contributed by atoms with Crippen LogP contribution in [0.4, 0.5) is 6.01 Å². The first-order chi connectivity index (χ1) is 13.3. The molecule has 1 heterocycles. The van der Waals surface area contributed by atoms with Gasteiger partial charge in [0, 0.05) is 17.4 Å². The highest BCUT2D eigenvalue weighted by Crippen LogP contribution is 2.32. The van der Waals surface area contributed by atoms with Crippen LogP contribution in [0.15, 0.2) is 51.8 Å². The van der Waals surface area contributed by atoms with E-state index in [1.807, 2.05) is 0 Å². The Kier molecular flexibility index (Phi) is 5.32. The Hall–Kier alpha value is -3.40. The van der Waals surface area contributed by atoms with E-state index in [-0.39, 0.29) is 22.4 Å². The maximum absolute atomic E-state index is 12.4. The van der Waals surface area contributed by atoms with E-state index in [0.717, 1.165) is 6.26 Å². The van der Waals surface area contributed by atoms with Crippen LogP contribution in [-0.2, 0) is 9.84 Å². The van der Waals surface area contributed by atoms with Gasteiger partial charge in [-0.3, -0.25) is 10.1 Å². The smallest absolute Gasteiger partial charge is 0.322 e. The molecule has 0 saturated heterocycles. The van der Waals surface area contributed by atoms with E-state index in [1.165, 1.54) is 38.5 Å². The molecular formula is C18H17N3O6S. The van der Waals surface area contributed by atoms with Crippen molar-refractivity contribution in [2.75, 3.05) is 25.8 Å². The second-order valence-corrected chi connectivity index (χ2v) is 7.75. The summed E-state index contributed by atoms with van der Waals surface area (Å²) in [7, 11) is -0.399. The number of ether oxygens (including phenoxy) is 2. The Balaban J connectivity index is 1.81. The third kappa shape index (κ3) is 4.12. The number of nitrogens with zero attached hydrogens (tertiary/aromatic N) is 2. The van der Waals surface area contributed by atoms with Crippen LogP contribution in [0.3, 0.4) is 0 Å². The number of amides is 1. The third-order valence-electron chi connectivity index (χ3n) is 3.80. The second kappa shape index (κ2) is 7.69. The van der Waals surface area contributed by atoms with Crippen molar-refractivity contribution in [2.45, 2.75) is 4.90 Å². The first-order valence-corrected chi connectivity index (χ1v) is 9.88. The lowest BCUT2D eigenvalue weighted by Crippen LogP contribution is -2.13. The number of rotatable bonds is 6. The summed E-state index contributed by atoms with van der Waals surface area (Å²) in [6, 6.07) is 10.6. The van der Waals surface area contributed by atoms with E-state index < -0.39 is 15.7 Å². The molecule has 3 aromatic rings. The van der Waals surface area contributed by atoms with Crippen molar-refractivity contribution in [3.63, 3.8) is 0 Å². The number of carbonyl (C=O) groups is 1. The largest absolute Gasteiger partial charge is 0.493 e. The van der Waals surface area contributed by atoms with Crippen LogP contribution in [0, 0.1) is 0 Å². The van der Waals surface area contributed by atoms with E-state index in [2.05, 4.69) is 15.5 Å². The number of nitrogens with one attached hydrogen (secondary N) is 1. The number of sulfone groups is 1. The lowest BCUT2D eigenvalue weighted by molar-refractivity contribution is 0.102. The molecule has 2 aromatic carbocycles. The number of hydrogen-bond acceptors (Lipinski definition) is 8. The van der Waals surface area contributed by atoms with Gasteiger partial charge >= 0.3 is 6.01 Å². The highest BCUT2D eigenvalue weighted by Gasteiger charge is 2.16. The minimum absolute atomic E-state index is 0.0386. The number of methoxy groups -OCH3 is 2. The summed E-state index contributed by atoms with van der Waals surface area (Å²) in [5.74, 6) is 0.626. The summed E-state index contributed by atoms with van der Waals surface area (Å²) in [5, 5.41) is 10.1.